The van der Waals surface area contributed by atoms with Gasteiger partial charge in [-0.3, -0.25) is 0 Å². The van der Waals surface area contributed by atoms with Gasteiger partial charge in [0.1, 0.15) is 0 Å². The zero-order chi connectivity index (χ0) is 14.3. The molecule has 102 valence electrons. The van der Waals surface area contributed by atoms with Crippen molar-refractivity contribution < 1.29 is 16.8 Å². The fourth-order valence-corrected chi connectivity index (χ4v) is 5.46. The minimum Gasteiger partial charge on any atom is -0.225 e. The van der Waals surface area contributed by atoms with Crippen molar-refractivity contribution in [2.24, 2.45) is 5.11 Å². The molecule has 0 aromatic carbocycles. The molecular weight excluding hydrogens is 264 g/mol. The Hall–Kier alpha value is -0.500. The molecule has 6 nitrogen and oxygen atoms in total. The first-order valence-electron chi connectivity index (χ1n) is 5.03. The molecule has 0 fully saturated rings. The van der Waals surface area contributed by atoms with Crippen molar-refractivity contribution in [3.05, 3.63) is 0 Å². The van der Waals surface area contributed by atoms with Gasteiger partial charge in [0.2, 0.25) is 0 Å². The number of hydrogen-bond acceptors (Lipinski definition) is 6. The van der Waals surface area contributed by atoms with E-state index in [-0.39, 0.29) is 0 Å². The fourth-order valence-electron chi connectivity index (χ4n) is 0.910. The molecule has 0 saturated carbocycles. The van der Waals surface area contributed by atoms with Gasteiger partial charge in [-0.2, -0.15) is 5.11 Å². The summed E-state index contributed by atoms with van der Waals surface area (Å²) < 4.78 is 43.7. The summed E-state index contributed by atoms with van der Waals surface area (Å²) >= 11 is 0. The Bertz CT molecular complexity index is 448. The predicted octanol–water partition coefficient (Wildman–Crippen LogP) is 1.73. The molecule has 17 heavy (non-hydrogen) atoms. The van der Waals surface area contributed by atoms with Crippen molar-refractivity contribution in [2.45, 2.75) is 55.7 Å². The number of rotatable bonds is 3. The quantitative estimate of drug-likeness (QED) is 0.797. The van der Waals surface area contributed by atoms with Crippen molar-refractivity contribution in [1.29, 1.82) is 5.53 Å². The molecule has 0 spiro atoms. The van der Waals surface area contributed by atoms with Crippen LogP contribution in [0.4, 0.5) is 0 Å². The summed E-state index contributed by atoms with van der Waals surface area (Å²) in [6, 6.07) is 0. The molecule has 0 heterocycles. The van der Waals surface area contributed by atoms with Gasteiger partial charge in [0.25, 0.3) is 4.71 Å². The molecular formula is C9H20N2O4S2. The number of sulfone groups is 2. The van der Waals surface area contributed by atoms with Crippen LogP contribution in [0.5, 0.6) is 0 Å². The smallest absolute Gasteiger partial charge is 0.225 e. The summed E-state index contributed by atoms with van der Waals surface area (Å²) in [5.74, 6) is 0. The van der Waals surface area contributed by atoms with Crippen LogP contribution in [-0.2, 0) is 19.7 Å². The van der Waals surface area contributed by atoms with Gasteiger partial charge in [0, 0.05) is 0 Å². The first kappa shape index (κ1) is 16.5. The third-order valence-electron chi connectivity index (χ3n) is 2.34. The molecule has 0 aliphatic carbocycles. The Morgan fingerprint density at radius 1 is 0.824 bits per heavy atom. The maximum Gasteiger partial charge on any atom is 0.271 e. The predicted molar refractivity (Wildman–Crippen MR) is 66.3 cm³/mol. The summed E-state index contributed by atoms with van der Waals surface area (Å²) in [7, 11) is -8.14. The van der Waals surface area contributed by atoms with Crippen LogP contribution in [0.1, 0.15) is 41.5 Å². The molecule has 0 rings (SSSR count). The molecule has 0 aliphatic rings. The molecule has 0 unspecified atom stereocenters. The van der Waals surface area contributed by atoms with Gasteiger partial charge in [0.05, 0.1) is 9.49 Å². The van der Waals surface area contributed by atoms with Crippen LogP contribution in [0.15, 0.2) is 5.11 Å². The molecule has 1 N–H and O–H groups in total. The Kier molecular flexibility index (Phi) is 4.18. The van der Waals surface area contributed by atoms with Gasteiger partial charge in [-0.1, -0.05) is 0 Å². The van der Waals surface area contributed by atoms with E-state index < -0.39 is 33.9 Å². The Labute approximate surface area is 103 Å². The summed E-state index contributed by atoms with van der Waals surface area (Å²) in [6.07, 6.45) is 0. The molecule has 0 bridgehead atoms. The zero-order valence-electron chi connectivity index (χ0n) is 11.0. The van der Waals surface area contributed by atoms with E-state index in [0.717, 1.165) is 0 Å². The largest absolute Gasteiger partial charge is 0.271 e. The minimum absolute atomic E-state index is 1.28. The van der Waals surface area contributed by atoms with Crippen LogP contribution >= 0.6 is 0 Å². The molecule has 0 aliphatic heterocycles. The van der Waals surface area contributed by atoms with Gasteiger partial charge in [-0.25, -0.2) is 22.4 Å². The Morgan fingerprint density at radius 2 is 1.06 bits per heavy atom. The molecule has 0 aromatic rings. The summed E-state index contributed by atoms with van der Waals surface area (Å²) in [6.45, 7) is 8.33. The van der Waals surface area contributed by atoms with Crippen LogP contribution in [0, 0.1) is 5.53 Å². The highest BCUT2D eigenvalue weighted by Gasteiger charge is 2.49. The average molecular weight is 284 g/mol. The third-order valence-corrected chi connectivity index (χ3v) is 8.55. The molecule has 0 radical (unpaired) electrons. The molecule has 0 amide bonds. The van der Waals surface area contributed by atoms with E-state index in [1.807, 2.05) is 0 Å². The van der Waals surface area contributed by atoms with Gasteiger partial charge < -0.3 is 0 Å². The molecule has 0 saturated heterocycles. The van der Waals surface area contributed by atoms with Gasteiger partial charge in [-0.05, 0) is 41.5 Å². The van der Waals surface area contributed by atoms with E-state index in [0.29, 0.717) is 0 Å². The van der Waals surface area contributed by atoms with Crippen LogP contribution in [-0.4, -0.2) is 31.0 Å². The topological polar surface area (TPSA) is 104 Å². The van der Waals surface area contributed by atoms with Gasteiger partial charge in [0.15, 0.2) is 19.7 Å². The fraction of sp³-hybridized carbons (Fsp3) is 1.00. The minimum atomic E-state index is -4.07. The van der Waals surface area contributed by atoms with Crippen molar-refractivity contribution in [3.8, 4) is 0 Å². The second kappa shape index (κ2) is 4.31. The number of nitrogens with one attached hydrogen (secondary N) is 1. The van der Waals surface area contributed by atoms with E-state index in [1.54, 1.807) is 0 Å². The van der Waals surface area contributed by atoms with E-state index in [4.69, 9.17) is 5.53 Å². The normalized spacial score (nSPS) is 15.0. The average Bonchev–Trinajstić information content (AvgIpc) is 1.99. The lowest BCUT2D eigenvalue weighted by molar-refractivity contribution is 0.533. The highest BCUT2D eigenvalue weighted by Crippen LogP contribution is 2.31. The number of hydrogen-bond donors (Lipinski definition) is 1. The standard InChI is InChI=1S/C9H20N2O4S2/c1-8(2,3)16(12,13)7(11-10)17(14,15)9(4,5)6/h7,10H,1-6H3. The third kappa shape index (κ3) is 2.85. The summed E-state index contributed by atoms with van der Waals surface area (Å²) in [5.41, 5.74) is 6.90. The Morgan fingerprint density at radius 3 is 1.18 bits per heavy atom. The van der Waals surface area contributed by atoms with E-state index in [1.165, 1.54) is 41.5 Å². The second-order valence-corrected chi connectivity index (χ2v) is 11.6. The van der Waals surface area contributed by atoms with Gasteiger partial charge in [-0.15, -0.1) is 0 Å². The second-order valence-electron chi connectivity index (χ2n) is 5.75. The maximum atomic E-state index is 12.1. The first-order valence-corrected chi connectivity index (χ1v) is 8.12. The maximum absolute atomic E-state index is 12.1. The van der Waals surface area contributed by atoms with Gasteiger partial charge >= 0.3 is 0 Å². The van der Waals surface area contributed by atoms with Crippen molar-refractivity contribution in [2.75, 3.05) is 0 Å². The van der Waals surface area contributed by atoms with Crippen LogP contribution in [0.3, 0.4) is 0 Å². The van der Waals surface area contributed by atoms with Crippen LogP contribution in [0.25, 0.3) is 0 Å². The van der Waals surface area contributed by atoms with Crippen molar-refractivity contribution in [3.63, 3.8) is 0 Å². The SMILES string of the molecule is CC(C)(C)S(=O)(=O)C(N=N)S(=O)(=O)C(C)(C)C. The molecule has 0 aromatic heterocycles. The zero-order valence-corrected chi connectivity index (χ0v) is 12.6. The summed E-state index contributed by atoms with van der Waals surface area (Å²) in [5, 5.41) is 2.84. The lowest BCUT2D eigenvalue weighted by Crippen LogP contribution is -2.46. The Balaban J connectivity index is 5.99. The lowest BCUT2D eigenvalue weighted by Gasteiger charge is -2.28. The molecule has 0 atom stereocenters. The highest BCUT2D eigenvalue weighted by molar-refractivity contribution is 8.10. The molecule has 8 heteroatoms. The van der Waals surface area contributed by atoms with E-state index in [9.17, 15) is 16.8 Å². The van der Waals surface area contributed by atoms with Crippen LogP contribution in [0.2, 0.25) is 0 Å². The van der Waals surface area contributed by atoms with E-state index >= 15 is 0 Å². The number of nitrogens with zero attached hydrogens (tertiary/aromatic N) is 1. The van der Waals surface area contributed by atoms with E-state index in [2.05, 4.69) is 5.11 Å². The lowest BCUT2D eigenvalue weighted by atomic mass is 10.3. The monoisotopic (exact) mass is 284 g/mol. The van der Waals surface area contributed by atoms with Crippen molar-refractivity contribution >= 4 is 19.7 Å². The van der Waals surface area contributed by atoms with Crippen molar-refractivity contribution in [1.82, 2.24) is 0 Å². The summed E-state index contributed by atoms with van der Waals surface area (Å²) in [4.78, 5) is 0. The van der Waals surface area contributed by atoms with Crippen LogP contribution < -0.4 is 0 Å². The highest BCUT2D eigenvalue weighted by atomic mass is 32.3. The first-order chi connectivity index (χ1) is 7.19.